The van der Waals surface area contributed by atoms with Gasteiger partial charge in [0.25, 0.3) is 0 Å². The summed E-state index contributed by atoms with van der Waals surface area (Å²) in [4.78, 5) is 0. The number of hydrogen-bond acceptors (Lipinski definition) is 0. The average molecular weight is 212 g/mol. The molecular formula is C8H9CoO3. The predicted octanol–water partition coefficient (Wildman–Crippen LogP) is 1.52. The Kier molecular flexibility index (Phi) is 182. The van der Waals surface area contributed by atoms with E-state index in [0.29, 0.717) is 0 Å². The topological polar surface area (TPSA) is 59.7 Å². The van der Waals surface area contributed by atoms with Crippen molar-refractivity contribution in [3.63, 3.8) is 0 Å². The van der Waals surface area contributed by atoms with Gasteiger partial charge in [0.1, 0.15) is 0 Å². The molecule has 68 valence electrons. The van der Waals surface area contributed by atoms with Gasteiger partial charge in [0, 0.05) is 16.8 Å². The summed E-state index contributed by atoms with van der Waals surface area (Å²) in [6.45, 7) is 21.1. The molecule has 0 atom stereocenters. The number of rotatable bonds is 1. The van der Waals surface area contributed by atoms with Crippen molar-refractivity contribution in [2.75, 3.05) is 0 Å². The van der Waals surface area contributed by atoms with Crippen molar-refractivity contribution in [1.82, 2.24) is 0 Å². The molecule has 0 unspecified atom stereocenters. The SMILES string of the molecule is [C-]#[O+].[C-]#[O+].[C-]#[O+].[CH2][C](C)[CH]C.[Co]. The fraction of sp³-hybridized carbons (Fsp3) is 0.250. The summed E-state index contributed by atoms with van der Waals surface area (Å²) < 4.78 is 22.5. The van der Waals surface area contributed by atoms with Crippen LogP contribution in [-0.4, -0.2) is 0 Å². The molecule has 0 spiro atoms. The van der Waals surface area contributed by atoms with Crippen LogP contribution in [0, 0.1) is 39.2 Å². The second-order valence-corrected chi connectivity index (χ2v) is 1.14. The van der Waals surface area contributed by atoms with Crippen molar-refractivity contribution >= 4 is 0 Å². The first kappa shape index (κ1) is 29.8. The molecule has 0 aliphatic heterocycles. The van der Waals surface area contributed by atoms with Crippen LogP contribution in [0.4, 0.5) is 0 Å². The zero-order chi connectivity index (χ0) is 10.3. The van der Waals surface area contributed by atoms with Gasteiger partial charge in [-0.3, -0.25) is 0 Å². The van der Waals surface area contributed by atoms with Crippen LogP contribution in [-0.2, 0) is 30.7 Å². The molecular weight excluding hydrogens is 203 g/mol. The van der Waals surface area contributed by atoms with Crippen molar-refractivity contribution in [3.8, 4) is 0 Å². The summed E-state index contributed by atoms with van der Waals surface area (Å²) in [6.07, 6.45) is 1.97. The van der Waals surface area contributed by atoms with Crippen LogP contribution in [0.5, 0.6) is 0 Å². The molecule has 4 radical (unpaired) electrons. The van der Waals surface area contributed by atoms with Gasteiger partial charge < -0.3 is 0 Å². The maximum Gasteiger partial charge on any atom is 0 e. The van der Waals surface area contributed by atoms with Crippen molar-refractivity contribution in [2.45, 2.75) is 13.8 Å². The molecule has 0 amide bonds. The standard InChI is InChI=1S/C5H9.3CO.Co/c1-4-5(2)3;3*1-2;/h4H,2H2,1,3H3;;;;. The van der Waals surface area contributed by atoms with Crippen molar-refractivity contribution in [2.24, 2.45) is 0 Å². The zero-order valence-corrected chi connectivity index (χ0v) is 7.88. The molecule has 0 heterocycles. The summed E-state index contributed by atoms with van der Waals surface area (Å²) >= 11 is 0. The fourth-order valence-electron chi connectivity index (χ4n) is 0. The molecule has 3 nitrogen and oxygen atoms in total. The van der Waals surface area contributed by atoms with Crippen LogP contribution in [0.25, 0.3) is 0 Å². The molecule has 0 saturated heterocycles. The van der Waals surface area contributed by atoms with Crippen molar-refractivity contribution < 1.29 is 30.7 Å². The first-order valence-electron chi connectivity index (χ1n) is 2.33. The number of hydrogen-bond donors (Lipinski definition) is 0. The van der Waals surface area contributed by atoms with Gasteiger partial charge in [-0.1, -0.05) is 13.8 Å². The maximum atomic E-state index is 7.50. The Bertz CT molecular complexity index is 79.9. The molecule has 0 aliphatic carbocycles. The van der Waals surface area contributed by atoms with E-state index in [1.807, 2.05) is 20.3 Å². The van der Waals surface area contributed by atoms with Gasteiger partial charge in [-0.05, 0) is 19.3 Å². The molecule has 0 aromatic carbocycles. The molecule has 0 aromatic heterocycles. The van der Waals surface area contributed by atoms with Gasteiger partial charge in [-0.25, -0.2) is 0 Å². The Hall–Kier alpha value is -0.274. The molecule has 0 bridgehead atoms. The Morgan fingerprint density at radius 1 is 1.08 bits per heavy atom. The van der Waals surface area contributed by atoms with Crippen LogP contribution in [0.2, 0.25) is 0 Å². The van der Waals surface area contributed by atoms with E-state index in [2.05, 4.69) is 26.9 Å². The van der Waals surface area contributed by atoms with E-state index in [4.69, 9.17) is 14.0 Å². The van der Waals surface area contributed by atoms with E-state index in [0.717, 1.165) is 5.92 Å². The van der Waals surface area contributed by atoms with Gasteiger partial charge in [0.05, 0.1) is 0 Å². The average Bonchev–Trinajstić information content (AvgIpc) is 2.15. The van der Waals surface area contributed by atoms with E-state index in [9.17, 15) is 0 Å². The third-order valence-electron chi connectivity index (χ3n) is 0.493. The van der Waals surface area contributed by atoms with E-state index in [-0.39, 0.29) is 16.8 Å². The van der Waals surface area contributed by atoms with E-state index in [1.54, 1.807) is 0 Å². The second-order valence-electron chi connectivity index (χ2n) is 1.14. The monoisotopic (exact) mass is 212 g/mol. The summed E-state index contributed by atoms with van der Waals surface area (Å²) in [5, 5.41) is 0. The molecule has 0 aliphatic rings. The molecule has 0 fully saturated rings. The minimum atomic E-state index is 0. The van der Waals surface area contributed by atoms with Crippen LogP contribution >= 0.6 is 0 Å². The smallest absolute Gasteiger partial charge is 0 e. The van der Waals surface area contributed by atoms with Gasteiger partial charge in [-0.2, -0.15) is 0 Å². The molecule has 0 saturated carbocycles. The maximum absolute atomic E-state index is 7.50. The zero-order valence-electron chi connectivity index (χ0n) is 6.84. The Balaban J connectivity index is -0.0000000203. The first-order valence-corrected chi connectivity index (χ1v) is 2.33. The normalized spacial score (nSPS) is 4.50. The van der Waals surface area contributed by atoms with Gasteiger partial charge in [0.15, 0.2) is 0 Å². The second kappa shape index (κ2) is 73.1. The van der Waals surface area contributed by atoms with E-state index < -0.39 is 0 Å². The fourth-order valence-corrected chi connectivity index (χ4v) is 0. The quantitative estimate of drug-likeness (QED) is 0.467. The first-order chi connectivity index (χ1) is 5.27. The summed E-state index contributed by atoms with van der Waals surface area (Å²) in [7, 11) is 0. The molecule has 0 rings (SSSR count). The molecule has 12 heavy (non-hydrogen) atoms. The van der Waals surface area contributed by atoms with Crippen molar-refractivity contribution in [1.29, 1.82) is 0 Å². The van der Waals surface area contributed by atoms with Gasteiger partial charge >= 0.3 is 33.9 Å². The third-order valence-corrected chi connectivity index (χ3v) is 0.493. The van der Waals surface area contributed by atoms with Crippen LogP contribution in [0.3, 0.4) is 0 Å². The van der Waals surface area contributed by atoms with Crippen LogP contribution < -0.4 is 0 Å². The molecule has 0 N–H and O–H groups in total. The molecule has 4 heteroatoms. The minimum Gasteiger partial charge on any atom is -0.0617 e. The molecule has 0 aromatic rings. The predicted molar refractivity (Wildman–Crippen MR) is 36.0 cm³/mol. The van der Waals surface area contributed by atoms with Crippen LogP contribution in [0.15, 0.2) is 0 Å². The Labute approximate surface area is 84.3 Å². The van der Waals surface area contributed by atoms with Crippen LogP contribution in [0.1, 0.15) is 13.8 Å². The third kappa shape index (κ3) is 248. The minimum absolute atomic E-state index is 0. The summed E-state index contributed by atoms with van der Waals surface area (Å²) in [5.41, 5.74) is 0. The van der Waals surface area contributed by atoms with E-state index >= 15 is 0 Å². The Morgan fingerprint density at radius 3 is 1.17 bits per heavy atom. The summed E-state index contributed by atoms with van der Waals surface area (Å²) in [5.74, 6) is 1.13. The summed E-state index contributed by atoms with van der Waals surface area (Å²) in [6, 6.07) is 0. The largest absolute Gasteiger partial charge is 0.0617 e. The van der Waals surface area contributed by atoms with E-state index in [1.165, 1.54) is 0 Å². The Morgan fingerprint density at radius 2 is 1.17 bits per heavy atom. The van der Waals surface area contributed by atoms with Crippen molar-refractivity contribution in [3.05, 3.63) is 39.2 Å². The van der Waals surface area contributed by atoms with Gasteiger partial charge in [-0.15, -0.1) is 0 Å². The van der Waals surface area contributed by atoms with Gasteiger partial charge in [0.2, 0.25) is 0 Å².